The first-order valence-electron chi connectivity index (χ1n) is 8.93. The molecule has 1 aromatic carbocycles. The normalized spacial score (nSPS) is 10.6. The number of amides is 1. The van der Waals surface area contributed by atoms with Crippen LogP contribution in [0, 0.1) is 20.8 Å². The molecular weight excluding hydrogens is 378 g/mol. The summed E-state index contributed by atoms with van der Waals surface area (Å²) in [6.45, 7) is 5.35. The van der Waals surface area contributed by atoms with Crippen molar-refractivity contribution >= 4 is 17.7 Å². The summed E-state index contributed by atoms with van der Waals surface area (Å²) in [5.41, 5.74) is 2.45. The molecule has 0 aliphatic carbocycles. The average molecular weight is 399 g/mol. The first kappa shape index (κ1) is 20.1. The lowest BCUT2D eigenvalue weighted by atomic mass is 10.1. The Morgan fingerprint density at radius 3 is 2.45 bits per heavy atom. The number of hydrogen-bond acceptors (Lipinski definition) is 8. The topological polar surface area (TPSA) is 117 Å². The molecule has 0 saturated carbocycles. The molecule has 0 unspecified atom stereocenters. The summed E-state index contributed by atoms with van der Waals surface area (Å²) in [5, 5.41) is 9.99. The summed E-state index contributed by atoms with van der Waals surface area (Å²) in [4.78, 5) is 23.7. The molecule has 0 radical (unpaired) electrons. The maximum Gasteiger partial charge on any atom is 0.310 e. The van der Waals surface area contributed by atoms with Crippen molar-refractivity contribution in [1.82, 2.24) is 10.3 Å². The van der Waals surface area contributed by atoms with Gasteiger partial charge in [-0.15, -0.1) is 0 Å². The van der Waals surface area contributed by atoms with Crippen LogP contribution >= 0.6 is 0 Å². The molecule has 9 nitrogen and oxygen atoms in total. The third-order valence-corrected chi connectivity index (χ3v) is 4.10. The molecule has 3 aromatic rings. The van der Waals surface area contributed by atoms with Gasteiger partial charge in [0.2, 0.25) is 0 Å². The van der Waals surface area contributed by atoms with Gasteiger partial charge in [-0.1, -0.05) is 22.4 Å². The van der Waals surface area contributed by atoms with Gasteiger partial charge >= 0.3 is 5.97 Å². The maximum absolute atomic E-state index is 11.9. The summed E-state index contributed by atoms with van der Waals surface area (Å²) in [5.74, 6) is 1.22. The molecule has 0 fully saturated rings. The van der Waals surface area contributed by atoms with Gasteiger partial charge in [-0.25, -0.2) is 0 Å². The van der Waals surface area contributed by atoms with E-state index in [0.29, 0.717) is 18.1 Å². The zero-order valence-electron chi connectivity index (χ0n) is 16.4. The first-order valence-corrected chi connectivity index (χ1v) is 8.93. The summed E-state index contributed by atoms with van der Waals surface area (Å²) >= 11 is 0. The largest absolute Gasteiger partial charge is 0.489 e. The van der Waals surface area contributed by atoms with Crippen molar-refractivity contribution in [2.45, 2.75) is 33.8 Å². The van der Waals surface area contributed by atoms with E-state index in [1.165, 1.54) is 0 Å². The van der Waals surface area contributed by atoms with Gasteiger partial charge in [0.05, 0.1) is 17.7 Å². The van der Waals surface area contributed by atoms with Gasteiger partial charge in [-0.05, 0) is 38.5 Å². The molecule has 29 heavy (non-hydrogen) atoms. The number of esters is 1. The fourth-order valence-electron chi connectivity index (χ4n) is 2.53. The SMILES string of the molecule is Cc1cc(NC(=O)COC(=O)Cc2ccc(OCc3c(C)noc3C)cc2)no1. The van der Waals surface area contributed by atoms with Crippen LogP contribution in [0.4, 0.5) is 5.82 Å². The molecule has 2 heterocycles. The number of carbonyl (C=O) groups excluding carboxylic acids is 2. The Bertz CT molecular complexity index is 971. The zero-order valence-corrected chi connectivity index (χ0v) is 16.4. The van der Waals surface area contributed by atoms with Gasteiger partial charge in [0.25, 0.3) is 5.91 Å². The van der Waals surface area contributed by atoms with Crippen molar-refractivity contribution in [1.29, 1.82) is 0 Å². The maximum atomic E-state index is 11.9. The molecule has 0 spiro atoms. The molecule has 3 rings (SSSR count). The minimum atomic E-state index is -0.513. The lowest BCUT2D eigenvalue weighted by molar-refractivity contribution is -0.146. The quantitative estimate of drug-likeness (QED) is 0.575. The number of hydrogen-bond donors (Lipinski definition) is 1. The lowest BCUT2D eigenvalue weighted by Gasteiger charge is -2.07. The molecule has 0 saturated heterocycles. The lowest BCUT2D eigenvalue weighted by Crippen LogP contribution is -2.21. The van der Waals surface area contributed by atoms with E-state index in [2.05, 4.69) is 15.6 Å². The minimum absolute atomic E-state index is 0.0422. The van der Waals surface area contributed by atoms with E-state index >= 15 is 0 Å². The third-order valence-electron chi connectivity index (χ3n) is 4.10. The smallest absolute Gasteiger partial charge is 0.310 e. The van der Waals surface area contributed by atoms with Crippen LogP contribution in [0.3, 0.4) is 0 Å². The highest BCUT2D eigenvalue weighted by Crippen LogP contribution is 2.18. The average Bonchev–Trinajstić information content (AvgIpc) is 3.24. The predicted octanol–water partition coefficient (Wildman–Crippen LogP) is 2.89. The number of anilines is 1. The number of benzene rings is 1. The second-order valence-electron chi connectivity index (χ2n) is 6.44. The van der Waals surface area contributed by atoms with E-state index < -0.39 is 18.5 Å². The van der Waals surface area contributed by atoms with Crippen LogP contribution in [-0.4, -0.2) is 28.8 Å². The molecule has 1 N–H and O–H groups in total. The van der Waals surface area contributed by atoms with E-state index in [4.69, 9.17) is 18.5 Å². The Labute approximate surface area is 166 Å². The number of nitrogens with one attached hydrogen (secondary N) is 1. The first-order chi connectivity index (χ1) is 13.9. The van der Waals surface area contributed by atoms with E-state index in [1.54, 1.807) is 37.3 Å². The number of rotatable bonds is 8. The van der Waals surface area contributed by atoms with Crippen LogP contribution in [0.25, 0.3) is 0 Å². The fourth-order valence-corrected chi connectivity index (χ4v) is 2.53. The Balaban J connectivity index is 1.42. The molecule has 1 amide bonds. The van der Waals surface area contributed by atoms with Gasteiger partial charge in [-0.2, -0.15) is 0 Å². The highest BCUT2D eigenvalue weighted by atomic mass is 16.5. The fraction of sp³-hybridized carbons (Fsp3) is 0.300. The number of aryl methyl sites for hydroxylation is 3. The van der Waals surface area contributed by atoms with Gasteiger partial charge in [-0.3, -0.25) is 9.59 Å². The highest BCUT2D eigenvalue weighted by Gasteiger charge is 2.12. The Hall–Kier alpha value is -3.62. The second kappa shape index (κ2) is 9.05. The van der Waals surface area contributed by atoms with Crippen molar-refractivity contribution in [3.8, 4) is 5.75 Å². The summed E-state index contributed by atoms with van der Waals surface area (Å²) < 4.78 is 20.7. The van der Waals surface area contributed by atoms with Crippen LogP contribution in [0.5, 0.6) is 5.75 Å². The Morgan fingerprint density at radius 2 is 1.83 bits per heavy atom. The minimum Gasteiger partial charge on any atom is -0.489 e. The molecular formula is C20H21N3O6. The van der Waals surface area contributed by atoms with E-state index in [0.717, 1.165) is 22.6 Å². The Morgan fingerprint density at radius 1 is 1.07 bits per heavy atom. The number of ether oxygens (including phenoxy) is 2. The molecule has 152 valence electrons. The summed E-state index contributed by atoms with van der Waals surface area (Å²) in [7, 11) is 0. The zero-order chi connectivity index (χ0) is 20.8. The standard InChI is InChI=1S/C20H21N3O6/c1-12-8-18(23-28-12)21-19(24)11-27-20(25)9-15-4-6-16(7-5-15)26-10-17-13(2)22-29-14(17)3/h4-8H,9-11H2,1-3H3,(H,21,23,24). The Kier molecular flexibility index (Phi) is 6.28. The van der Waals surface area contributed by atoms with E-state index in [1.807, 2.05) is 13.8 Å². The van der Waals surface area contributed by atoms with Crippen molar-refractivity contribution in [2.24, 2.45) is 0 Å². The molecule has 2 aromatic heterocycles. The van der Waals surface area contributed by atoms with Gasteiger partial charge in [0.1, 0.15) is 23.9 Å². The number of nitrogens with zero attached hydrogens (tertiary/aromatic N) is 2. The van der Waals surface area contributed by atoms with E-state index in [-0.39, 0.29) is 12.2 Å². The summed E-state index contributed by atoms with van der Waals surface area (Å²) in [6.07, 6.45) is 0.0422. The van der Waals surface area contributed by atoms with Gasteiger partial charge < -0.3 is 23.8 Å². The van der Waals surface area contributed by atoms with Crippen LogP contribution in [0.1, 0.15) is 28.3 Å². The van der Waals surface area contributed by atoms with Crippen LogP contribution < -0.4 is 10.1 Å². The monoisotopic (exact) mass is 399 g/mol. The van der Waals surface area contributed by atoms with Crippen molar-refractivity contribution in [3.05, 3.63) is 58.7 Å². The van der Waals surface area contributed by atoms with Gasteiger partial charge in [0.15, 0.2) is 12.4 Å². The van der Waals surface area contributed by atoms with Crippen molar-refractivity contribution < 1.29 is 28.1 Å². The predicted molar refractivity (Wildman–Crippen MR) is 101 cm³/mol. The molecule has 9 heteroatoms. The molecule has 0 atom stereocenters. The second-order valence-corrected chi connectivity index (χ2v) is 6.44. The summed E-state index contributed by atoms with van der Waals surface area (Å²) in [6, 6.07) is 8.63. The highest BCUT2D eigenvalue weighted by molar-refractivity contribution is 5.92. The van der Waals surface area contributed by atoms with Crippen LogP contribution in [0.15, 0.2) is 39.4 Å². The molecule has 0 aliphatic heterocycles. The number of aromatic nitrogens is 2. The van der Waals surface area contributed by atoms with Crippen molar-refractivity contribution in [3.63, 3.8) is 0 Å². The van der Waals surface area contributed by atoms with Crippen molar-refractivity contribution in [2.75, 3.05) is 11.9 Å². The number of carbonyl (C=O) groups is 2. The third kappa shape index (κ3) is 5.68. The molecule has 0 bridgehead atoms. The van der Waals surface area contributed by atoms with Gasteiger partial charge in [0, 0.05) is 6.07 Å². The van der Waals surface area contributed by atoms with E-state index in [9.17, 15) is 9.59 Å². The molecule has 0 aliphatic rings. The van der Waals surface area contributed by atoms with Crippen LogP contribution in [0.2, 0.25) is 0 Å². The van der Waals surface area contributed by atoms with Crippen LogP contribution in [-0.2, 0) is 27.4 Å².